The van der Waals surface area contributed by atoms with E-state index in [1.165, 1.54) is 24.3 Å². The van der Waals surface area contributed by atoms with Crippen molar-refractivity contribution >= 4 is 35.1 Å². The number of hydrogen-bond acceptors (Lipinski definition) is 9. The van der Waals surface area contributed by atoms with Crippen molar-refractivity contribution in [2.45, 2.75) is 38.8 Å². The van der Waals surface area contributed by atoms with Gasteiger partial charge in [-0.2, -0.15) is 0 Å². The number of rotatable bonds is 5. The van der Waals surface area contributed by atoms with E-state index in [4.69, 9.17) is 14.2 Å². The summed E-state index contributed by atoms with van der Waals surface area (Å²) >= 11 is 0. The number of anilines is 1. The van der Waals surface area contributed by atoms with Crippen LogP contribution in [0.1, 0.15) is 19.4 Å². The molecule has 2 saturated heterocycles. The van der Waals surface area contributed by atoms with Gasteiger partial charge in [0.25, 0.3) is 12.0 Å². The maximum absolute atomic E-state index is 13.4. The molecule has 0 saturated carbocycles. The maximum atomic E-state index is 13.4. The van der Waals surface area contributed by atoms with Crippen LogP contribution >= 0.6 is 0 Å². The highest BCUT2D eigenvalue weighted by molar-refractivity contribution is 6.24. The Hall–Kier alpha value is -3.60. The minimum Gasteiger partial charge on any atom is -0.422 e. The number of carbonyl (C=O) groups excluding carboxylic acids is 4. The van der Waals surface area contributed by atoms with Gasteiger partial charge in [0.1, 0.15) is 5.69 Å². The molecule has 2 bridgehead atoms. The molecule has 4 atom stereocenters. The molecule has 11 nitrogen and oxygen atoms in total. The van der Waals surface area contributed by atoms with Crippen molar-refractivity contribution in [3.8, 4) is 0 Å². The molecule has 11 heteroatoms. The van der Waals surface area contributed by atoms with Crippen LogP contribution in [0.2, 0.25) is 0 Å². The topological polar surface area (TPSA) is 142 Å². The number of nitro groups is 1. The lowest BCUT2D eigenvalue weighted by atomic mass is 9.76. The van der Waals surface area contributed by atoms with Crippen molar-refractivity contribution in [1.29, 1.82) is 0 Å². The van der Waals surface area contributed by atoms with E-state index in [2.05, 4.69) is 0 Å². The number of nitro benzene ring substituents is 1. The van der Waals surface area contributed by atoms with Gasteiger partial charge >= 0.3 is 11.9 Å². The molecule has 3 aliphatic rings. The van der Waals surface area contributed by atoms with Crippen LogP contribution in [0.3, 0.4) is 0 Å². The second-order valence-electron chi connectivity index (χ2n) is 7.61. The minimum absolute atomic E-state index is 0.161. The van der Waals surface area contributed by atoms with E-state index < -0.39 is 64.2 Å². The monoisotopic (exact) mass is 430 g/mol. The van der Waals surface area contributed by atoms with Crippen LogP contribution in [0.15, 0.2) is 30.4 Å². The summed E-state index contributed by atoms with van der Waals surface area (Å²) in [6.45, 7) is 3.84. The molecule has 3 aliphatic heterocycles. The number of esters is 2. The number of ether oxygens (including phenoxy) is 3. The summed E-state index contributed by atoms with van der Waals surface area (Å²) in [7, 11) is 0. The van der Waals surface area contributed by atoms with E-state index in [-0.39, 0.29) is 5.69 Å². The van der Waals surface area contributed by atoms with E-state index in [0.29, 0.717) is 5.56 Å². The summed E-state index contributed by atoms with van der Waals surface area (Å²) in [5.41, 5.74) is -1.69. The van der Waals surface area contributed by atoms with E-state index >= 15 is 0 Å². The molecule has 1 aromatic rings. The first-order chi connectivity index (χ1) is 14.6. The van der Waals surface area contributed by atoms with Crippen LogP contribution < -0.4 is 4.90 Å². The van der Waals surface area contributed by atoms with Gasteiger partial charge in [0, 0.05) is 19.9 Å². The third-order valence-corrected chi connectivity index (χ3v) is 5.56. The summed E-state index contributed by atoms with van der Waals surface area (Å²) in [6.07, 6.45) is 0.514. The molecule has 31 heavy (non-hydrogen) atoms. The molecule has 2 fully saturated rings. The number of fused-ring (bicyclic) bond motifs is 5. The van der Waals surface area contributed by atoms with Crippen molar-refractivity contribution in [3.05, 3.63) is 46.0 Å². The number of benzene rings is 1. The van der Waals surface area contributed by atoms with Crippen LogP contribution in [0.25, 0.3) is 0 Å². The first-order valence-electron chi connectivity index (χ1n) is 9.41. The smallest absolute Gasteiger partial charge is 0.305 e. The zero-order valence-electron chi connectivity index (χ0n) is 16.8. The van der Waals surface area contributed by atoms with Crippen molar-refractivity contribution in [1.82, 2.24) is 0 Å². The third kappa shape index (κ3) is 3.00. The Kier molecular flexibility index (Phi) is 4.65. The standard InChI is InChI=1S/C20H18N2O9/c1-9-4-5-12(13(8-9)22(27)28)21-17(25)15-14-6-7-20(31-14,16(15)18(21)26)19(29-10(2)23)30-11(3)24/h4-8,14-16,19H,1-3H3/t14-,15+,16-,20+/m1/s1. The van der Waals surface area contributed by atoms with E-state index in [1.807, 2.05) is 0 Å². The predicted molar refractivity (Wildman–Crippen MR) is 101 cm³/mol. The first-order valence-corrected chi connectivity index (χ1v) is 9.41. The highest BCUT2D eigenvalue weighted by atomic mass is 16.7. The summed E-state index contributed by atoms with van der Waals surface area (Å²) in [4.78, 5) is 61.5. The van der Waals surface area contributed by atoms with Gasteiger partial charge < -0.3 is 14.2 Å². The van der Waals surface area contributed by atoms with Crippen LogP contribution in [0.5, 0.6) is 0 Å². The number of imide groups is 1. The van der Waals surface area contributed by atoms with Crippen molar-refractivity contribution in [3.63, 3.8) is 0 Å². The average Bonchev–Trinajstić information content (AvgIpc) is 3.32. The fourth-order valence-electron chi connectivity index (χ4n) is 4.42. The lowest BCUT2D eigenvalue weighted by Crippen LogP contribution is -2.52. The van der Waals surface area contributed by atoms with Crippen molar-refractivity contribution in [2.75, 3.05) is 4.90 Å². The summed E-state index contributed by atoms with van der Waals surface area (Å²) < 4.78 is 16.1. The summed E-state index contributed by atoms with van der Waals surface area (Å²) in [6, 6.07) is 4.16. The van der Waals surface area contributed by atoms with Gasteiger partial charge in [0.15, 0.2) is 5.60 Å². The Morgan fingerprint density at radius 3 is 2.42 bits per heavy atom. The van der Waals surface area contributed by atoms with Gasteiger partial charge in [0.05, 0.1) is 22.9 Å². The number of amides is 2. The SMILES string of the molecule is CC(=O)OC(OC(C)=O)[C@@]12C=C[C@@H](O1)[C@@H]1C(=O)N(c3ccc(C)cc3[N+](=O)[O-])C(=O)[C@@H]12. The van der Waals surface area contributed by atoms with Gasteiger partial charge in [-0.05, 0) is 24.6 Å². The molecule has 162 valence electrons. The van der Waals surface area contributed by atoms with Gasteiger partial charge in [0.2, 0.25) is 11.8 Å². The van der Waals surface area contributed by atoms with Gasteiger partial charge in [-0.3, -0.25) is 29.3 Å². The Labute approximate surface area is 175 Å². The van der Waals surface area contributed by atoms with Crippen LogP contribution in [-0.4, -0.2) is 46.7 Å². The lowest BCUT2D eigenvalue weighted by Gasteiger charge is -2.34. The molecular weight excluding hydrogens is 412 g/mol. The number of hydrogen-bond donors (Lipinski definition) is 0. The Bertz CT molecular complexity index is 1050. The largest absolute Gasteiger partial charge is 0.422 e. The van der Waals surface area contributed by atoms with Crippen molar-refractivity contribution < 1.29 is 38.3 Å². The van der Waals surface area contributed by atoms with Crippen LogP contribution in [-0.2, 0) is 33.4 Å². The lowest BCUT2D eigenvalue weighted by molar-refractivity contribution is -0.384. The molecule has 0 N–H and O–H groups in total. The second kappa shape index (κ2) is 6.98. The molecule has 0 aliphatic carbocycles. The highest BCUT2D eigenvalue weighted by Gasteiger charge is 2.72. The summed E-state index contributed by atoms with van der Waals surface area (Å²) in [5, 5.41) is 11.5. The first kappa shape index (κ1) is 20.7. The molecule has 0 aromatic heterocycles. The molecule has 0 unspecified atom stereocenters. The fraction of sp³-hybridized carbons (Fsp3) is 0.400. The third-order valence-electron chi connectivity index (χ3n) is 5.56. The van der Waals surface area contributed by atoms with E-state index in [9.17, 15) is 29.3 Å². The molecule has 4 rings (SSSR count). The van der Waals surface area contributed by atoms with E-state index in [0.717, 1.165) is 18.7 Å². The van der Waals surface area contributed by atoms with Crippen LogP contribution in [0, 0.1) is 28.9 Å². The highest BCUT2D eigenvalue weighted by Crippen LogP contribution is 2.55. The molecule has 1 aromatic carbocycles. The fourth-order valence-corrected chi connectivity index (χ4v) is 4.42. The quantitative estimate of drug-likeness (QED) is 0.168. The predicted octanol–water partition coefficient (Wildman–Crippen LogP) is 1.17. The normalized spacial score (nSPS) is 28.3. The molecule has 2 amide bonds. The average molecular weight is 430 g/mol. The number of carbonyl (C=O) groups is 4. The van der Waals surface area contributed by atoms with Crippen LogP contribution in [0.4, 0.5) is 11.4 Å². The number of aryl methyl sites for hydroxylation is 1. The number of nitrogens with zero attached hydrogens (tertiary/aromatic N) is 2. The summed E-state index contributed by atoms with van der Waals surface area (Å²) in [5.74, 6) is -5.22. The Balaban J connectivity index is 1.79. The minimum atomic E-state index is -1.71. The van der Waals surface area contributed by atoms with Gasteiger partial charge in [-0.25, -0.2) is 4.90 Å². The molecule has 3 heterocycles. The van der Waals surface area contributed by atoms with Gasteiger partial charge in [-0.1, -0.05) is 12.1 Å². The maximum Gasteiger partial charge on any atom is 0.305 e. The van der Waals surface area contributed by atoms with Crippen molar-refractivity contribution in [2.24, 2.45) is 11.8 Å². The van der Waals surface area contributed by atoms with E-state index in [1.54, 1.807) is 13.0 Å². The van der Waals surface area contributed by atoms with Gasteiger partial charge in [-0.15, -0.1) is 0 Å². The molecule has 0 radical (unpaired) electrons. The Morgan fingerprint density at radius 1 is 1.19 bits per heavy atom. The zero-order valence-corrected chi connectivity index (χ0v) is 16.8. The molecular formula is C20H18N2O9. The molecule has 0 spiro atoms. The Morgan fingerprint density at radius 2 is 1.84 bits per heavy atom. The zero-order chi connectivity index (χ0) is 22.7. The second-order valence-corrected chi connectivity index (χ2v) is 7.61.